The molecule has 8 heterocycles. The van der Waals surface area contributed by atoms with Gasteiger partial charge < -0.3 is 29.8 Å². The number of anilines is 2. The minimum absolute atomic E-state index is 0.211. The van der Waals surface area contributed by atoms with E-state index in [2.05, 4.69) is 34.9 Å². The molecule has 6 aromatic rings. The van der Waals surface area contributed by atoms with Crippen LogP contribution in [-0.2, 0) is 0 Å². The molecule has 0 aliphatic carbocycles. The number of rotatable bonds is 4. The van der Waals surface area contributed by atoms with Crippen LogP contribution in [0.2, 0.25) is 0 Å². The molecule has 0 bridgehead atoms. The van der Waals surface area contributed by atoms with Gasteiger partial charge in [-0.3, -0.25) is 15.0 Å². The van der Waals surface area contributed by atoms with Crippen molar-refractivity contribution in [3.05, 3.63) is 55.4 Å². The van der Waals surface area contributed by atoms with Crippen LogP contribution in [0.1, 0.15) is 0 Å². The average Bonchev–Trinajstić information content (AvgIpc) is 3.71. The van der Waals surface area contributed by atoms with Gasteiger partial charge in [0.15, 0.2) is 0 Å². The highest BCUT2D eigenvalue weighted by atomic mass is 16.5. The highest BCUT2D eigenvalue weighted by molar-refractivity contribution is 6.11. The second kappa shape index (κ2) is 7.33. The molecule has 6 N–H and O–H groups in total. The summed E-state index contributed by atoms with van der Waals surface area (Å²) >= 11 is 0. The Morgan fingerprint density at radius 2 is 1.18 bits per heavy atom. The summed E-state index contributed by atoms with van der Waals surface area (Å²) in [6, 6.07) is 7.36. The minimum Gasteiger partial charge on any atom is -0.421 e. The third-order valence-corrected chi connectivity index (χ3v) is 6.32. The standard InChI is InChI=1S/C25H15N9O4/c26-16-14-10-3-1-5-29-18(10)35-22(14)33-24(16)37-20-12-7-28-8-13(12)21(32-9-31-20)38-25-17(27)15-11-4-2-6-30-19(11)36-23(15)34-25/h1-9,33-34H,26-27H2. The number of aromatic nitrogens is 7. The zero-order chi connectivity index (χ0) is 25.4. The van der Waals surface area contributed by atoms with E-state index >= 15 is 0 Å². The Balaban J connectivity index is 1.17. The summed E-state index contributed by atoms with van der Waals surface area (Å²) in [5.74, 6) is 0.955. The van der Waals surface area contributed by atoms with Crippen LogP contribution in [0.4, 0.5) is 11.4 Å². The zero-order valence-corrected chi connectivity index (χ0v) is 19.2. The minimum atomic E-state index is 0.211. The Bertz CT molecular complexity index is 1990. The molecule has 2 aliphatic rings. The molecule has 38 heavy (non-hydrogen) atoms. The molecular weight excluding hydrogens is 490 g/mol. The lowest BCUT2D eigenvalue weighted by Gasteiger charge is -2.06. The third kappa shape index (κ3) is 2.77. The number of nitrogens with one attached hydrogen (secondary N) is 2. The number of furan rings is 2. The molecule has 0 aromatic carbocycles. The van der Waals surface area contributed by atoms with Crippen molar-refractivity contribution in [3.8, 4) is 34.6 Å². The van der Waals surface area contributed by atoms with Gasteiger partial charge in [0.2, 0.25) is 46.4 Å². The number of pyridine rings is 2. The Kier molecular flexibility index (Phi) is 3.93. The first-order valence-electron chi connectivity index (χ1n) is 11.4. The first-order chi connectivity index (χ1) is 18.7. The quantitative estimate of drug-likeness (QED) is 0.252. The lowest BCUT2D eigenvalue weighted by atomic mass is 10.2. The smallest absolute Gasteiger partial charge is 0.232 e. The summed E-state index contributed by atoms with van der Waals surface area (Å²) in [6.07, 6.45) is 7.80. The predicted molar refractivity (Wildman–Crippen MR) is 137 cm³/mol. The van der Waals surface area contributed by atoms with Crippen LogP contribution in [-0.4, -0.2) is 34.9 Å². The number of fused-ring (bicyclic) bond motifs is 7. The van der Waals surface area contributed by atoms with Gasteiger partial charge in [-0.25, -0.2) is 19.9 Å². The molecule has 0 unspecified atom stereocenters. The van der Waals surface area contributed by atoms with E-state index in [4.69, 9.17) is 29.8 Å². The molecule has 2 aliphatic heterocycles. The van der Waals surface area contributed by atoms with Crippen molar-refractivity contribution in [3.63, 3.8) is 0 Å². The fourth-order valence-electron chi connectivity index (χ4n) is 4.60. The van der Waals surface area contributed by atoms with Crippen LogP contribution in [0.5, 0.6) is 23.5 Å². The molecule has 0 radical (unpaired) electrons. The lowest BCUT2D eigenvalue weighted by molar-refractivity contribution is 0.450. The van der Waals surface area contributed by atoms with E-state index in [0.29, 0.717) is 56.1 Å². The summed E-state index contributed by atoms with van der Waals surface area (Å²) in [7, 11) is 0. The molecule has 13 heteroatoms. The van der Waals surface area contributed by atoms with Crippen molar-refractivity contribution < 1.29 is 18.3 Å². The number of hydrogen-bond acceptors (Lipinski definition) is 11. The third-order valence-electron chi connectivity index (χ3n) is 6.32. The van der Waals surface area contributed by atoms with Crippen molar-refractivity contribution in [1.29, 1.82) is 0 Å². The molecule has 0 saturated heterocycles. The Morgan fingerprint density at radius 3 is 1.68 bits per heavy atom. The normalized spacial score (nSPS) is 11.9. The number of H-pyrrole nitrogens is 2. The monoisotopic (exact) mass is 505 g/mol. The van der Waals surface area contributed by atoms with Crippen molar-refractivity contribution in [2.75, 3.05) is 11.5 Å². The zero-order valence-electron chi connectivity index (χ0n) is 19.2. The van der Waals surface area contributed by atoms with Crippen LogP contribution in [0.3, 0.4) is 0 Å². The van der Waals surface area contributed by atoms with Crippen LogP contribution < -0.4 is 20.9 Å². The Morgan fingerprint density at radius 1 is 0.684 bits per heavy atom. The van der Waals surface area contributed by atoms with Gasteiger partial charge in [0.05, 0.1) is 32.7 Å². The molecule has 13 nitrogen and oxygen atoms in total. The Labute approximate surface area is 210 Å². The second-order valence-corrected chi connectivity index (χ2v) is 8.48. The largest absolute Gasteiger partial charge is 0.421 e. The highest BCUT2D eigenvalue weighted by Gasteiger charge is 2.24. The van der Waals surface area contributed by atoms with Crippen LogP contribution in [0.25, 0.3) is 55.5 Å². The molecule has 8 rings (SSSR count). The summed E-state index contributed by atoms with van der Waals surface area (Å²) < 4.78 is 23.7. The van der Waals surface area contributed by atoms with Crippen molar-refractivity contribution in [2.24, 2.45) is 0 Å². The van der Waals surface area contributed by atoms with Gasteiger partial charge >= 0.3 is 0 Å². The van der Waals surface area contributed by atoms with E-state index < -0.39 is 0 Å². The van der Waals surface area contributed by atoms with Gasteiger partial charge in [0, 0.05) is 24.8 Å². The average molecular weight is 505 g/mol. The van der Waals surface area contributed by atoms with Crippen molar-refractivity contribution in [2.45, 2.75) is 0 Å². The van der Waals surface area contributed by atoms with Gasteiger partial charge in [-0.2, -0.15) is 0 Å². The number of nitrogens with zero attached hydrogens (tertiary/aromatic N) is 5. The summed E-state index contributed by atoms with van der Waals surface area (Å²) in [5.41, 5.74) is 16.5. The Hall–Kier alpha value is -5.85. The molecule has 0 atom stereocenters. The van der Waals surface area contributed by atoms with E-state index in [0.717, 1.165) is 10.8 Å². The van der Waals surface area contributed by atoms with Gasteiger partial charge in [0.1, 0.15) is 17.7 Å². The van der Waals surface area contributed by atoms with Crippen LogP contribution >= 0.6 is 0 Å². The molecule has 6 aromatic heterocycles. The van der Waals surface area contributed by atoms with Gasteiger partial charge in [-0.15, -0.1) is 0 Å². The number of ether oxygens (including phenoxy) is 2. The molecule has 0 spiro atoms. The second-order valence-electron chi connectivity index (χ2n) is 8.48. The number of nitrogens with two attached hydrogens (primary N) is 2. The van der Waals surface area contributed by atoms with Crippen LogP contribution in [0.15, 0.2) is 64.2 Å². The molecule has 0 saturated carbocycles. The number of hydrogen-bond donors (Lipinski definition) is 4. The molecule has 0 fully saturated rings. The maximum atomic E-state index is 6.40. The first-order valence-corrected chi connectivity index (χ1v) is 11.4. The topological polar surface area (TPSA) is 193 Å². The van der Waals surface area contributed by atoms with E-state index in [1.165, 1.54) is 6.33 Å². The number of nitrogen functional groups attached to an aromatic ring is 2. The molecular formula is C25H15N9O4. The van der Waals surface area contributed by atoms with Gasteiger partial charge in [0.25, 0.3) is 0 Å². The first kappa shape index (κ1) is 20.4. The fourth-order valence-corrected chi connectivity index (χ4v) is 4.60. The van der Waals surface area contributed by atoms with Crippen molar-refractivity contribution in [1.82, 2.24) is 34.9 Å². The molecule has 0 amide bonds. The summed E-state index contributed by atoms with van der Waals surface area (Å²) in [5, 5.41) is 2.90. The summed E-state index contributed by atoms with van der Waals surface area (Å²) in [6.45, 7) is 0. The van der Waals surface area contributed by atoms with Crippen molar-refractivity contribution >= 4 is 55.8 Å². The van der Waals surface area contributed by atoms with Crippen LogP contribution in [0, 0.1) is 0 Å². The maximum absolute atomic E-state index is 6.40. The molecule has 184 valence electrons. The highest BCUT2D eigenvalue weighted by Crippen LogP contribution is 2.44. The predicted octanol–water partition coefficient (Wildman–Crippen LogP) is 4.97. The fraction of sp³-hybridized carbons (Fsp3) is 0. The maximum Gasteiger partial charge on any atom is 0.232 e. The SMILES string of the molecule is Nc1c(Oc2ncnc(Oc3[nH]c4oc5ncccc5c4c3N)c3cncc2-3)[nH]c2oc3ncccc3c12. The van der Waals surface area contributed by atoms with E-state index in [9.17, 15) is 0 Å². The van der Waals surface area contributed by atoms with Gasteiger partial charge in [-0.1, -0.05) is 0 Å². The van der Waals surface area contributed by atoms with E-state index in [1.54, 1.807) is 24.8 Å². The summed E-state index contributed by atoms with van der Waals surface area (Å²) in [4.78, 5) is 27.5. The van der Waals surface area contributed by atoms with E-state index in [1.807, 2.05) is 24.3 Å². The lowest BCUT2D eigenvalue weighted by Crippen LogP contribution is -1.94. The van der Waals surface area contributed by atoms with E-state index in [-0.39, 0.29) is 23.5 Å². The van der Waals surface area contributed by atoms with Gasteiger partial charge in [-0.05, 0) is 24.3 Å². The number of aromatic amines is 2.